The Morgan fingerprint density at radius 3 is 2.89 bits per heavy atom. The fraction of sp³-hybridized carbons (Fsp3) is 0.167. The van der Waals surface area contributed by atoms with Crippen molar-refractivity contribution in [1.82, 2.24) is 10.3 Å². The number of rotatable bonds is 3. The summed E-state index contributed by atoms with van der Waals surface area (Å²) in [6, 6.07) is 7.79. The highest BCUT2D eigenvalue weighted by Crippen LogP contribution is 2.26. The SMILES string of the molecule is CNC(=O)c1sc(Nc2cccc(Br)c2)nc1C. The molecule has 0 saturated carbocycles. The molecular weight excluding hydrogens is 314 g/mol. The molecule has 0 aliphatic heterocycles. The predicted octanol–water partition coefficient (Wildman–Crippen LogP) is 3.32. The second-order valence-electron chi connectivity index (χ2n) is 3.65. The number of carbonyl (C=O) groups is 1. The largest absolute Gasteiger partial charge is 0.354 e. The second-order valence-corrected chi connectivity index (χ2v) is 5.56. The summed E-state index contributed by atoms with van der Waals surface area (Å²) < 4.78 is 0.993. The van der Waals surface area contributed by atoms with Crippen molar-refractivity contribution in [2.45, 2.75) is 6.92 Å². The van der Waals surface area contributed by atoms with E-state index in [1.165, 1.54) is 11.3 Å². The number of nitrogens with one attached hydrogen (secondary N) is 2. The van der Waals surface area contributed by atoms with Crippen LogP contribution in [0.5, 0.6) is 0 Å². The lowest BCUT2D eigenvalue weighted by molar-refractivity contribution is 0.0966. The van der Waals surface area contributed by atoms with Crippen LogP contribution in [-0.2, 0) is 0 Å². The zero-order chi connectivity index (χ0) is 13.1. The maximum absolute atomic E-state index is 11.6. The van der Waals surface area contributed by atoms with Crippen molar-refractivity contribution >= 4 is 44.0 Å². The molecular formula is C12H12BrN3OS. The van der Waals surface area contributed by atoms with Crippen LogP contribution in [0.1, 0.15) is 15.4 Å². The first-order valence-corrected chi connectivity index (χ1v) is 6.93. The molecule has 0 fully saturated rings. The van der Waals surface area contributed by atoms with Crippen LogP contribution in [0, 0.1) is 6.92 Å². The first-order valence-electron chi connectivity index (χ1n) is 5.32. The van der Waals surface area contributed by atoms with E-state index in [4.69, 9.17) is 0 Å². The van der Waals surface area contributed by atoms with E-state index in [9.17, 15) is 4.79 Å². The highest BCUT2D eigenvalue weighted by atomic mass is 79.9. The molecule has 0 atom stereocenters. The van der Waals surface area contributed by atoms with Gasteiger partial charge in [0.05, 0.1) is 5.69 Å². The molecule has 2 N–H and O–H groups in total. The number of amides is 1. The summed E-state index contributed by atoms with van der Waals surface area (Å²) in [5.74, 6) is -0.104. The first kappa shape index (κ1) is 13.0. The molecule has 0 aliphatic rings. The van der Waals surface area contributed by atoms with Crippen LogP contribution in [0.15, 0.2) is 28.7 Å². The highest BCUT2D eigenvalue weighted by molar-refractivity contribution is 9.10. The normalized spacial score (nSPS) is 10.2. The second kappa shape index (κ2) is 5.49. The van der Waals surface area contributed by atoms with Crippen LogP contribution in [0.25, 0.3) is 0 Å². The van der Waals surface area contributed by atoms with Crippen molar-refractivity contribution in [3.05, 3.63) is 39.3 Å². The standard InChI is InChI=1S/C12H12BrN3OS/c1-7-10(11(17)14-2)18-12(15-7)16-9-5-3-4-8(13)6-9/h3-6H,1-2H3,(H,14,17)(H,15,16). The molecule has 0 bridgehead atoms. The fourth-order valence-electron chi connectivity index (χ4n) is 1.46. The van der Waals surface area contributed by atoms with E-state index in [1.807, 2.05) is 31.2 Å². The lowest BCUT2D eigenvalue weighted by Gasteiger charge is -2.01. The summed E-state index contributed by atoms with van der Waals surface area (Å²) in [7, 11) is 1.61. The maximum Gasteiger partial charge on any atom is 0.263 e. The van der Waals surface area contributed by atoms with Gasteiger partial charge in [-0.1, -0.05) is 33.3 Å². The van der Waals surface area contributed by atoms with Gasteiger partial charge >= 0.3 is 0 Å². The Labute approximate surface area is 118 Å². The topological polar surface area (TPSA) is 54.0 Å². The van der Waals surface area contributed by atoms with Gasteiger partial charge in [-0.2, -0.15) is 0 Å². The lowest BCUT2D eigenvalue weighted by atomic mass is 10.3. The quantitative estimate of drug-likeness (QED) is 0.910. The third-order valence-electron chi connectivity index (χ3n) is 2.31. The van der Waals surface area contributed by atoms with Gasteiger partial charge in [0.15, 0.2) is 5.13 Å². The van der Waals surface area contributed by atoms with Crippen LogP contribution in [0.4, 0.5) is 10.8 Å². The van der Waals surface area contributed by atoms with E-state index in [1.54, 1.807) is 7.05 Å². The first-order chi connectivity index (χ1) is 8.60. The molecule has 1 aromatic heterocycles. The fourth-order valence-corrected chi connectivity index (χ4v) is 2.80. The summed E-state index contributed by atoms with van der Waals surface area (Å²) >= 11 is 4.75. The van der Waals surface area contributed by atoms with E-state index in [-0.39, 0.29) is 5.91 Å². The van der Waals surface area contributed by atoms with Gasteiger partial charge < -0.3 is 10.6 Å². The van der Waals surface area contributed by atoms with Crippen LogP contribution < -0.4 is 10.6 Å². The number of carbonyl (C=O) groups excluding carboxylic acids is 1. The van der Waals surface area contributed by atoms with Gasteiger partial charge in [-0.3, -0.25) is 4.79 Å². The summed E-state index contributed by atoms with van der Waals surface area (Å²) in [5, 5.41) is 6.50. The average Bonchev–Trinajstić information content (AvgIpc) is 2.69. The summed E-state index contributed by atoms with van der Waals surface area (Å²) in [5.41, 5.74) is 1.67. The molecule has 1 heterocycles. The number of anilines is 2. The molecule has 94 valence electrons. The predicted molar refractivity (Wildman–Crippen MR) is 77.7 cm³/mol. The minimum atomic E-state index is -0.104. The van der Waals surface area contributed by atoms with Gasteiger partial charge in [-0.25, -0.2) is 4.98 Å². The Kier molecular flexibility index (Phi) is 3.98. The zero-order valence-electron chi connectivity index (χ0n) is 9.95. The van der Waals surface area contributed by atoms with E-state index in [0.717, 1.165) is 15.9 Å². The van der Waals surface area contributed by atoms with Crippen LogP contribution in [-0.4, -0.2) is 17.9 Å². The molecule has 0 unspecified atom stereocenters. The Bertz CT molecular complexity index is 582. The Hall–Kier alpha value is -1.40. The van der Waals surface area contributed by atoms with E-state index in [0.29, 0.717) is 10.0 Å². The van der Waals surface area contributed by atoms with E-state index >= 15 is 0 Å². The molecule has 2 aromatic rings. The van der Waals surface area contributed by atoms with E-state index in [2.05, 4.69) is 31.5 Å². The number of aryl methyl sites for hydroxylation is 1. The highest BCUT2D eigenvalue weighted by Gasteiger charge is 2.13. The minimum absolute atomic E-state index is 0.104. The molecule has 1 aromatic carbocycles. The number of thiazole rings is 1. The van der Waals surface area contributed by atoms with Crippen molar-refractivity contribution in [3.8, 4) is 0 Å². The van der Waals surface area contributed by atoms with Gasteiger partial charge in [-0.05, 0) is 25.1 Å². The Morgan fingerprint density at radius 2 is 2.22 bits per heavy atom. The summed E-state index contributed by atoms with van der Waals surface area (Å²) in [4.78, 5) is 16.5. The minimum Gasteiger partial charge on any atom is -0.354 e. The Balaban J connectivity index is 2.23. The van der Waals surface area contributed by atoms with Crippen molar-refractivity contribution < 1.29 is 4.79 Å². The van der Waals surface area contributed by atoms with Gasteiger partial charge in [0.1, 0.15) is 4.88 Å². The molecule has 0 aliphatic carbocycles. The third kappa shape index (κ3) is 2.88. The average molecular weight is 326 g/mol. The van der Waals surface area contributed by atoms with Crippen molar-refractivity contribution in [2.24, 2.45) is 0 Å². The van der Waals surface area contributed by atoms with Crippen molar-refractivity contribution in [1.29, 1.82) is 0 Å². The number of hydrogen-bond donors (Lipinski definition) is 2. The van der Waals surface area contributed by atoms with Gasteiger partial charge in [0.25, 0.3) is 5.91 Å². The molecule has 6 heteroatoms. The number of benzene rings is 1. The van der Waals surface area contributed by atoms with Crippen LogP contribution in [0.2, 0.25) is 0 Å². The lowest BCUT2D eigenvalue weighted by Crippen LogP contribution is -2.17. The monoisotopic (exact) mass is 325 g/mol. The summed E-state index contributed by atoms with van der Waals surface area (Å²) in [6.45, 7) is 1.83. The number of nitrogens with zero attached hydrogens (tertiary/aromatic N) is 1. The van der Waals surface area contributed by atoms with Gasteiger partial charge in [0, 0.05) is 17.2 Å². The van der Waals surface area contributed by atoms with Crippen LogP contribution >= 0.6 is 27.3 Å². The molecule has 0 spiro atoms. The number of hydrogen-bond acceptors (Lipinski definition) is 4. The molecule has 18 heavy (non-hydrogen) atoms. The summed E-state index contributed by atoms with van der Waals surface area (Å²) in [6.07, 6.45) is 0. The van der Waals surface area contributed by atoms with Crippen molar-refractivity contribution in [2.75, 3.05) is 12.4 Å². The molecule has 4 nitrogen and oxygen atoms in total. The van der Waals surface area contributed by atoms with Gasteiger partial charge in [-0.15, -0.1) is 0 Å². The third-order valence-corrected chi connectivity index (χ3v) is 3.87. The van der Waals surface area contributed by atoms with E-state index < -0.39 is 0 Å². The number of aromatic nitrogens is 1. The maximum atomic E-state index is 11.6. The molecule has 0 radical (unpaired) electrons. The molecule has 0 saturated heterocycles. The molecule has 2 rings (SSSR count). The van der Waals surface area contributed by atoms with Crippen LogP contribution in [0.3, 0.4) is 0 Å². The Morgan fingerprint density at radius 1 is 1.44 bits per heavy atom. The smallest absolute Gasteiger partial charge is 0.263 e. The molecule has 1 amide bonds. The van der Waals surface area contributed by atoms with Crippen molar-refractivity contribution in [3.63, 3.8) is 0 Å². The number of halogens is 1. The van der Waals surface area contributed by atoms with Gasteiger partial charge in [0.2, 0.25) is 0 Å². The zero-order valence-corrected chi connectivity index (χ0v) is 12.4.